The second-order valence-electron chi connectivity index (χ2n) is 7.58. The highest BCUT2D eigenvalue weighted by atomic mass is 19.1. The molecule has 2 aromatic heterocycles. The van der Waals surface area contributed by atoms with Crippen LogP contribution in [-0.4, -0.2) is 51.3 Å². The largest absolute Gasteiger partial charge is 0.375 e. The van der Waals surface area contributed by atoms with E-state index in [4.69, 9.17) is 4.74 Å². The number of anilines is 1. The number of halogens is 1. The van der Waals surface area contributed by atoms with Crippen molar-refractivity contribution in [1.29, 1.82) is 0 Å². The van der Waals surface area contributed by atoms with Crippen LogP contribution < -0.4 is 10.3 Å². The SMILES string of the molecule is C[C@H]1CN(c2cc(C3=NNC4=CC(F)=C(c5cnn(C)c5)CC43)ncn2)CCO1. The summed E-state index contributed by atoms with van der Waals surface area (Å²) < 4.78 is 22.0. The number of morpholine rings is 1. The first-order chi connectivity index (χ1) is 14.1. The molecule has 2 aromatic rings. The number of hydrazone groups is 1. The average Bonchev–Trinajstić information content (AvgIpc) is 3.33. The van der Waals surface area contributed by atoms with Crippen molar-refractivity contribution in [3.05, 3.63) is 53.6 Å². The molecular weight excluding hydrogens is 373 g/mol. The molecule has 1 N–H and O–H groups in total. The molecule has 1 fully saturated rings. The van der Waals surface area contributed by atoms with Crippen molar-refractivity contribution in [2.45, 2.75) is 19.4 Å². The van der Waals surface area contributed by atoms with Gasteiger partial charge in [0, 0.05) is 43.7 Å². The third-order valence-electron chi connectivity index (χ3n) is 5.52. The summed E-state index contributed by atoms with van der Waals surface area (Å²) in [5, 5.41) is 8.64. The summed E-state index contributed by atoms with van der Waals surface area (Å²) in [5.41, 5.74) is 6.72. The van der Waals surface area contributed by atoms with Gasteiger partial charge in [0.1, 0.15) is 18.0 Å². The van der Waals surface area contributed by atoms with Gasteiger partial charge in [-0.1, -0.05) is 0 Å². The Kier molecular flexibility index (Phi) is 4.39. The van der Waals surface area contributed by atoms with Crippen molar-refractivity contribution in [2.24, 2.45) is 18.1 Å². The third-order valence-corrected chi connectivity index (χ3v) is 5.52. The van der Waals surface area contributed by atoms with Crippen molar-refractivity contribution in [3.8, 4) is 0 Å². The minimum Gasteiger partial charge on any atom is -0.375 e. The lowest BCUT2D eigenvalue weighted by molar-refractivity contribution is 0.0529. The monoisotopic (exact) mass is 395 g/mol. The van der Waals surface area contributed by atoms with Gasteiger partial charge in [0.15, 0.2) is 0 Å². The Morgan fingerprint density at radius 1 is 1.31 bits per heavy atom. The van der Waals surface area contributed by atoms with Gasteiger partial charge in [0.05, 0.1) is 36.2 Å². The van der Waals surface area contributed by atoms with E-state index in [0.29, 0.717) is 18.6 Å². The number of fused-ring (bicyclic) bond motifs is 1. The van der Waals surface area contributed by atoms with Gasteiger partial charge in [-0.25, -0.2) is 14.4 Å². The van der Waals surface area contributed by atoms with Gasteiger partial charge in [-0.2, -0.15) is 10.2 Å². The number of aryl methyl sites for hydroxylation is 1. The van der Waals surface area contributed by atoms with Gasteiger partial charge in [0.25, 0.3) is 0 Å². The van der Waals surface area contributed by atoms with Crippen LogP contribution in [0.25, 0.3) is 5.57 Å². The average molecular weight is 395 g/mol. The van der Waals surface area contributed by atoms with Gasteiger partial charge in [0.2, 0.25) is 0 Å². The van der Waals surface area contributed by atoms with Crippen LogP contribution in [0.15, 0.2) is 47.5 Å². The van der Waals surface area contributed by atoms with E-state index in [1.165, 1.54) is 6.08 Å². The minimum atomic E-state index is -0.251. The molecule has 0 aromatic carbocycles. The molecule has 0 spiro atoms. The lowest BCUT2D eigenvalue weighted by atomic mass is 9.84. The Balaban J connectivity index is 1.42. The summed E-state index contributed by atoms with van der Waals surface area (Å²) >= 11 is 0. The number of aromatic nitrogens is 4. The lowest BCUT2D eigenvalue weighted by Crippen LogP contribution is -2.41. The van der Waals surface area contributed by atoms with Crippen molar-refractivity contribution in [2.75, 3.05) is 24.6 Å². The van der Waals surface area contributed by atoms with E-state index in [-0.39, 0.29) is 17.8 Å². The highest BCUT2D eigenvalue weighted by molar-refractivity contribution is 6.05. The molecule has 0 saturated carbocycles. The van der Waals surface area contributed by atoms with Crippen LogP contribution in [0.5, 0.6) is 0 Å². The van der Waals surface area contributed by atoms with E-state index in [9.17, 15) is 4.39 Å². The number of nitrogens with one attached hydrogen (secondary N) is 1. The highest BCUT2D eigenvalue weighted by Gasteiger charge is 2.34. The van der Waals surface area contributed by atoms with Crippen LogP contribution in [0.2, 0.25) is 0 Å². The third kappa shape index (κ3) is 3.31. The topological polar surface area (TPSA) is 80.5 Å². The fraction of sp³-hybridized carbons (Fsp3) is 0.400. The lowest BCUT2D eigenvalue weighted by Gasteiger charge is -2.32. The molecule has 9 heteroatoms. The molecule has 0 bridgehead atoms. The summed E-state index contributed by atoms with van der Waals surface area (Å²) in [4.78, 5) is 11.1. The van der Waals surface area contributed by atoms with Crippen LogP contribution in [0.4, 0.5) is 10.2 Å². The quantitative estimate of drug-likeness (QED) is 0.857. The molecule has 8 nitrogen and oxygen atoms in total. The fourth-order valence-corrected chi connectivity index (χ4v) is 4.05. The van der Waals surface area contributed by atoms with Gasteiger partial charge >= 0.3 is 0 Å². The van der Waals surface area contributed by atoms with Crippen molar-refractivity contribution < 1.29 is 9.13 Å². The predicted octanol–water partition coefficient (Wildman–Crippen LogP) is 2.03. The molecule has 1 aliphatic carbocycles. The number of allylic oxidation sites excluding steroid dienone is 4. The predicted molar refractivity (Wildman–Crippen MR) is 107 cm³/mol. The molecule has 150 valence electrons. The number of hydrogen-bond acceptors (Lipinski definition) is 7. The van der Waals surface area contributed by atoms with Gasteiger partial charge in [-0.3, -0.25) is 10.1 Å². The molecular formula is C20H22FN7O. The van der Waals surface area contributed by atoms with Crippen LogP contribution in [0.3, 0.4) is 0 Å². The van der Waals surface area contributed by atoms with E-state index in [2.05, 4.69) is 37.4 Å². The van der Waals surface area contributed by atoms with Crippen LogP contribution in [0, 0.1) is 5.92 Å². The fourth-order valence-electron chi connectivity index (χ4n) is 4.05. The van der Waals surface area contributed by atoms with E-state index in [1.54, 1.807) is 17.2 Å². The number of nitrogens with zero attached hydrogens (tertiary/aromatic N) is 6. The first-order valence-electron chi connectivity index (χ1n) is 9.70. The van der Waals surface area contributed by atoms with E-state index < -0.39 is 0 Å². The van der Waals surface area contributed by atoms with Crippen molar-refractivity contribution >= 4 is 17.1 Å². The Hall–Kier alpha value is -3.07. The Morgan fingerprint density at radius 2 is 2.21 bits per heavy atom. The Bertz CT molecular complexity index is 1040. The van der Waals surface area contributed by atoms with E-state index in [1.807, 2.05) is 19.3 Å². The molecule has 2 atom stereocenters. The first kappa shape index (κ1) is 18.0. The van der Waals surface area contributed by atoms with Crippen LogP contribution >= 0.6 is 0 Å². The normalized spacial score (nSPS) is 24.2. The van der Waals surface area contributed by atoms with Gasteiger partial charge in [-0.05, 0) is 25.0 Å². The van der Waals surface area contributed by atoms with E-state index in [0.717, 1.165) is 41.6 Å². The minimum absolute atomic E-state index is 0.0731. The smallest absolute Gasteiger partial charge is 0.132 e. The first-order valence-corrected chi connectivity index (χ1v) is 9.70. The summed E-state index contributed by atoms with van der Waals surface area (Å²) in [6, 6.07) is 1.96. The van der Waals surface area contributed by atoms with Crippen molar-refractivity contribution in [1.82, 2.24) is 25.2 Å². The summed E-state index contributed by atoms with van der Waals surface area (Å²) in [5.74, 6) is 0.533. The van der Waals surface area contributed by atoms with Crippen LogP contribution in [-0.2, 0) is 11.8 Å². The zero-order valence-corrected chi connectivity index (χ0v) is 16.3. The zero-order valence-electron chi connectivity index (χ0n) is 16.3. The molecule has 2 aliphatic heterocycles. The van der Waals surface area contributed by atoms with Crippen molar-refractivity contribution in [3.63, 3.8) is 0 Å². The number of hydrogen-bond donors (Lipinski definition) is 1. The zero-order chi connectivity index (χ0) is 20.0. The molecule has 29 heavy (non-hydrogen) atoms. The van der Waals surface area contributed by atoms with E-state index >= 15 is 0 Å². The summed E-state index contributed by atoms with van der Waals surface area (Å²) in [6.07, 6.45) is 7.28. The standard InChI is InChI=1S/C20H22FN7O/c1-12-9-28(3-4-29-12)19-7-18(22-11-23-19)20-15-5-14(13-8-24-27(2)10-13)16(21)6-17(15)25-26-20/h6-8,10-12,15,25H,3-5,9H2,1-2H3/t12-,15?/m0/s1. The molecule has 0 amide bonds. The van der Waals surface area contributed by atoms with Gasteiger partial charge in [-0.15, -0.1) is 0 Å². The highest BCUT2D eigenvalue weighted by Crippen LogP contribution is 2.38. The molecule has 4 heterocycles. The molecule has 1 unspecified atom stereocenters. The van der Waals surface area contributed by atoms with Gasteiger partial charge < -0.3 is 9.64 Å². The molecule has 3 aliphatic rings. The van der Waals surface area contributed by atoms with Crippen LogP contribution in [0.1, 0.15) is 24.6 Å². The summed E-state index contributed by atoms with van der Waals surface area (Å²) in [6.45, 7) is 4.31. The number of rotatable bonds is 3. The molecule has 0 radical (unpaired) electrons. The molecule has 5 rings (SSSR count). The molecule has 1 saturated heterocycles. The maximum atomic E-state index is 14.7. The maximum Gasteiger partial charge on any atom is 0.132 e. The second-order valence-corrected chi connectivity index (χ2v) is 7.58. The Labute approximate surface area is 167 Å². The maximum absolute atomic E-state index is 14.7. The Morgan fingerprint density at radius 3 is 3.00 bits per heavy atom. The number of ether oxygens (including phenoxy) is 1. The summed E-state index contributed by atoms with van der Waals surface area (Å²) in [7, 11) is 1.82. The second kappa shape index (κ2) is 7.07.